The van der Waals surface area contributed by atoms with Crippen molar-refractivity contribution < 1.29 is 18.3 Å². The zero-order valence-electron chi connectivity index (χ0n) is 18.8. The van der Waals surface area contributed by atoms with Crippen molar-refractivity contribution in [2.24, 2.45) is 0 Å². The van der Waals surface area contributed by atoms with Crippen LogP contribution in [0.15, 0.2) is 74.4 Å². The number of pyridine rings is 1. The van der Waals surface area contributed by atoms with Crippen molar-refractivity contribution in [1.82, 2.24) is 9.88 Å². The molecule has 0 amide bonds. The van der Waals surface area contributed by atoms with Crippen molar-refractivity contribution in [3.63, 3.8) is 0 Å². The molecule has 0 saturated heterocycles. The van der Waals surface area contributed by atoms with Gasteiger partial charge in [-0.15, -0.1) is 0 Å². The molecule has 1 aliphatic heterocycles. The summed E-state index contributed by atoms with van der Waals surface area (Å²) < 4.78 is 22.7. The van der Waals surface area contributed by atoms with Gasteiger partial charge in [0.2, 0.25) is 6.79 Å². The summed E-state index contributed by atoms with van der Waals surface area (Å²) in [6.45, 7) is 3.58. The van der Waals surface area contributed by atoms with Crippen LogP contribution in [0, 0.1) is 6.92 Å². The molecule has 0 bridgehead atoms. The topological polar surface area (TPSA) is 77.9 Å². The number of aromatic nitrogens is 1. The zero-order chi connectivity index (χ0) is 23.2. The number of furan rings is 1. The first-order valence-electron chi connectivity index (χ1n) is 11.0. The summed E-state index contributed by atoms with van der Waals surface area (Å²) >= 11 is 0. The Morgan fingerprint density at radius 2 is 1.74 bits per heavy atom. The summed E-state index contributed by atoms with van der Waals surface area (Å²) in [5, 5.41) is 1.70. The average molecular weight is 454 g/mol. The van der Waals surface area contributed by atoms with Crippen LogP contribution in [0.3, 0.4) is 0 Å². The Morgan fingerprint density at radius 1 is 0.941 bits per heavy atom. The summed E-state index contributed by atoms with van der Waals surface area (Å²) in [4.78, 5) is 19.1. The lowest BCUT2D eigenvalue weighted by Gasteiger charge is -2.17. The number of nitrogens with zero attached hydrogens (tertiary/aromatic N) is 2. The first-order valence-corrected chi connectivity index (χ1v) is 11.0. The minimum absolute atomic E-state index is 0.139. The van der Waals surface area contributed by atoms with E-state index in [9.17, 15) is 4.79 Å². The number of hydrogen-bond donors (Lipinski definition) is 0. The van der Waals surface area contributed by atoms with E-state index in [1.807, 2.05) is 43.5 Å². The molecule has 34 heavy (non-hydrogen) atoms. The van der Waals surface area contributed by atoms with E-state index in [0.29, 0.717) is 40.5 Å². The second kappa shape index (κ2) is 8.04. The van der Waals surface area contributed by atoms with Crippen LogP contribution < -0.4 is 15.1 Å². The largest absolute Gasteiger partial charge is 0.454 e. The van der Waals surface area contributed by atoms with Gasteiger partial charge in [0.25, 0.3) is 0 Å². The Morgan fingerprint density at radius 3 is 2.56 bits per heavy atom. The summed E-state index contributed by atoms with van der Waals surface area (Å²) in [5.74, 6) is 1.75. The Balaban J connectivity index is 1.43. The molecule has 6 rings (SSSR count). The van der Waals surface area contributed by atoms with Crippen LogP contribution in [0.2, 0.25) is 0 Å². The molecule has 1 aliphatic rings. The van der Waals surface area contributed by atoms with Gasteiger partial charge in [-0.3, -0.25) is 9.88 Å². The quantitative estimate of drug-likeness (QED) is 0.335. The molecule has 2 aromatic carbocycles. The van der Waals surface area contributed by atoms with E-state index in [1.54, 1.807) is 6.07 Å². The van der Waals surface area contributed by atoms with Gasteiger partial charge in [-0.1, -0.05) is 30.3 Å². The Kier molecular flexibility index (Phi) is 4.85. The molecule has 7 heteroatoms. The standard InChI is InChI=1S/C27H22N2O5/c1-16-27-19(18(12-28-16)14-29(2)13-17-6-4-3-5-7-17)8-22(34-27)21-10-26(30)33-23-11-25-24(9-20(21)23)31-15-32-25/h3-12H,13-15H2,1-2H3. The number of rotatable bonds is 5. The fourth-order valence-electron chi connectivity index (χ4n) is 4.46. The summed E-state index contributed by atoms with van der Waals surface area (Å²) in [7, 11) is 2.08. The van der Waals surface area contributed by atoms with Gasteiger partial charge in [-0.25, -0.2) is 4.79 Å². The minimum Gasteiger partial charge on any atom is -0.454 e. The third-order valence-corrected chi connectivity index (χ3v) is 6.06. The highest BCUT2D eigenvalue weighted by Gasteiger charge is 2.21. The molecule has 0 fully saturated rings. The van der Waals surface area contributed by atoms with E-state index in [-0.39, 0.29) is 6.79 Å². The van der Waals surface area contributed by atoms with Gasteiger partial charge in [0.05, 0.1) is 5.69 Å². The molecule has 0 saturated carbocycles. The molecular weight excluding hydrogens is 432 g/mol. The Bertz CT molecular complexity index is 1590. The van der Waals surface area contributed by atoms with Gasteiger partial charge in [-0.05, 0) is 37.2 Å². The van der Waals surface area contributed by atoms with E-state index < -0.39 is 5.63 Å². The maximum Gasteiger partial charge on any atom is 0.336 e. The second-order valence-corrected chi connectivity index (χ2v) is 8.56. The second-order valence-electron chi connectivity index (χ2n) is 8.56. The Labute approximate surface area is 195 Å². The SMILES string of the molecule is Cc1ncc(CN(C)Cc2ccccc2)c2cc(-c3cc(=O)oc4cc5c(cc34)OCO5)oc12. The van der Waals surface area contributed by atoms with E-state index in [4.69, 9.17) is 18.3 Å². The molecule has 3 aromatic heterocycles. The highest BCUT2D eigenvalue weighted by atomic mass is 16.7. The van der Waals surface area contributed by atoms with E-state index >= 15 is 0 Å². The van der Waals surface area contributed by atoms with E-state index in [1.165, 1.54) is 11.6 Å². The number of aryl methyl sites for hydroxylation is 1. The summed E-state index contributed by atoms with van der Waals surface area (Å²) in [6, 6.07) is 17.3. The smallest absolute Gasteiger partial charge is 0.336 e. The third-order valence-electron chi connectivity index (χ3n) is 6.06. The number of ether oxygens (including phenoxy) is 2. The van der Waals surface area contributed by atoms with Crippen LogP contribution >= 0.6 is 0 Å². The fraction of sp³-hybridized carbons (Fsp3) is 0.185. The Hall–Kier alpha value is -4.10. The molecule has 4 heterocycles. The zero-order valence-corrected chi connectivity index (χ0v) is 18.8. The molecule has 170 valence electrons. The van der Waals surface area contributed by atoms with Gasteiger partial charge < -0.3 is 18.3 Å². The van der Waals surface area contributed by atoms with Gasteiger partial charge in [0.1, 0.15) is 11.3 Å². The third kappa shape index (κ3) is 3.60. The van der Waals surface area contributed by atoms with E-state index in [0.717, 1.165) is 28.6 Å². The van der Waals surface area contributed by atoms with Crippen LogP contribution in [0.25, 0.3) is 33.3 Å². The van der Waals surface area contributed by atoms with E-state index in [2.05, 4.69) is 29.1 Å². The summed E-state index contributed by atoms with van der Waals surface area (Å²) in [5.41, 5.74) is 4.41. The van der Waals surface area contributed by atoms with Crippen molar-refractivity contribution in [3.8, 4) is 22.8 Å². The van der Waals surface area contributed by atoms with Crippen molar-refractivity contribution >= 4 is 21.9 Å². The highest BCUT2D eigenvalue weighted by molar-refractivity contribution is 5.97. The predicted molar refractivity (Wildman–Crippen MR) is 128 cm³/mol. The molecule has 0 atom stereocenters. The fourth-order valence-corrected chi connectivity index (χ4v) is 4.46. The molecule has 5 aromatic rings. The van der Waals surface area contributed by atoms with Crippen LogP contribution in [-0.2, 0) is 13.1 Å². The van der Waals surface area contributed by atoms with Crippen LogP contribution in [-0.4, -0.2) is 23.7 Å². The van der Waals surface area contributed by atoms with Crippen molar-refractivity contribution in [3.05, 3.63) is 88.0 Å². The molecule has 0 spiro atoms. The lowest BCUT2D eigenvalue weighted by Crippen LogP contribution is -2.17. The van der Waals surface area contributed by atoms with Crippen molar-refractivity contribution in [2.75, 3.05) is 13.8 Å². The van der Waals surface area contributed by atoms with Gasteiger partial charge >= 0.3 is 5.63 Å². The lowest BCUT2D eigenvalue weighted by atomic mass is 10.1. The lowest BCUT2D eigenvalue weighted by molar-refractivity contribution is 0.174. The maximum absolute atomic E-state index is 12.3. The molecule has 7 nitrogen and oxygen atoms in total. The molecular formula is C27H22N2O5. The number of hydrogen-bond acceptors (Lipinski definition) is 7. The van der Waals surface area contributed by atoms with Gasteiger partial charge in [0, 0.05) is 47.8 Å². The number of fused-ring (bicyclic) bond motifs is 3. The van der Waals surface area contributed by atoms with Crippen LogP contribution in [0.1, 0.15) is 16.8 Å². The highest BCUT2D eigenvalue weighted by Crippen LogP contribution is 2.40. The maximum atomic E-state index is 12.3. The first kappa shape index (κ1) is 20.5. The molecule has 0 N–H and O–H groups in total. The number of benzene rings is 2. The molecule has 0 unspecified atom stereocenters. The first-order chi connectivity index (χ1) is 16.5. The van der Waals surface area contributed by atoms with Crippen LogP contribution in [0.4, 0.5) is 0 Å². The summed E-state index contributed by atoms with van der Waals surface area (Å²) in [6.07, 6.45) is 1.90. The minimum atomic E-state index is -0.459. The monoisotopic (exact) mass is 454 g/mol. The molecule has 0 aliphatic carbocycles. The normalized spacial score (nSPS) is 12.8. The molecule has 0 radical (unpaired) electrons. The van der Waals surface area contributed by atoms with Crippen LogP contribution in [0.5, 0.6) is 11.5 Å². The van der Waals surface area contributed by atoms with Crippen molar-refractivity contribution in [2.45, 2.75) is 20.0 Å². The van der Waals surface area contributed by atoms with Crippen molar-refractivity contribution in [1.29, 1.82) is 0 Å². The van der Waals surface area contributed by atoms with Gasteiger partial charge in [0.15, 0.2) is 17.1 Å². The average Bonchev–Trinajstić information content (AvgIpc) is 3.47. The van der Waals surface area contributed by atoms with Gasteiger partial charge in [-0.2, -0.15) is 0 Å². The predicted octanol–water partition coefficient (Wildman–Crippen LogP) is 5.27.